The minimum atomic E-state index is -0.395. The van der Waals surface area contributed by atoms with Crippen molar-refractivity contribution >= 4 is 22.7 Å². The van der Waals surface area contributed by atoms with Gasteiger partial charge in [-0.3, -0.25) is 9.59 Å². The van der Waals surface area contributed by atoms with Gasteiger partial charge in [0.2, 0.25) is 11.8 Å². The predicted octanol–water partition coefficient (Wildman–Crippen LogP) is 5.02. The highest BCUT2D eigenvalue weighted by Crippen LogP contribution is 2.42. The van der Waals surface area contributed by atoms with E-state index in [0.29, 0.717) is 12.3 Å². The third-order valence-corrected chi connectivity index (χ3v) is 8.39. The van der Waals surface area contributed by atoms with Crippen molar-refractivity contribution in [2.24, 2.45) is 5.92 Å². The molecular weight excluding hydrogens is 422 g/mol. The van der Waals surface area contributed by atoms with Crippen molar-refractivity contribution in [3.8, 4) is 0 Å². The van der Waals surface area contributed by atoms with Crippen LogP contribution in [-0.2, 0) is 22.4 Å². The van der Waals surface area contributed by atoms with Gasteiger partial charge in [-0.1, -0.05) is 55.5 Å². The number of rotatable bonds is 4. The molecule has 2 aliphatic heterocycles. The van der Waals surface area contributed by atoms with Gasteiger partial charge in [-0.25, -0.2) is 0 Å². The zero-order valence-corrected chi connectivity index (χ0v) is 19.9. The van der Waals surface area contributed by atoms with Crippen LogP contribution in [-0.4, -0.2) is 45.2 Å². The van der Waals surface area contributed by atoms with Crippen molar-refractivity contribution in [1.29, 1.82) is 0 Å². The summed E-state index contributed by atoms with van der Waals surface area (Å²) in [6.07, 6.45) is 6.60. The van der Waals surface area contributed by atoms with Crippen LogP contribution in [0, 0.1) is 5.92 Å². The molecule has 1 saturated heterocycles. The number of piperazine rings is 1. The summed E-state index contributed by atoms with van der Waals surface area (Å²) >= 11 is 0. The number of nitrogens with zero attached hydrogens (tertiary/aromatic N) is 2. The molecule has 3 aliphatic rings. The molecule has 6 rings (SSSR count). The molecule has 0 unspecified atom stereocenters. The molecule has 3 aromatic rings. The number of nitrogens with one attached hydrogen (secondary N) is 1. The third-order valence-electron chi connectivity index (χ3n) is 8.39. The number of hydrogen-bond donors (Lipinski definition) is 1. The van der Waals surface area contributed by atoms with Crippen LogP contribution < -0.4 is 0 Å². The van der Waals surface area contributed by atoms with Crippen molar-refractivity contribution in [3.05, 3.63) is 71.4 Å². The Morgan fingerprint density at radius 3 is 2.47 bits per heavy atom. The van der Waals surface area contributed by atoms with Gasteiger partial charge in [0.1, 0.15) is 12.6 Å². The smallest absolute Gasteiger partial charge is 0.246 e. The highest BCUT2D eigenvalue weighted by molar-refractivity contribution is 5.97. The van der Waals surface area contributed by atoms with Crippen LogP contribution in [0.2, 0.25) is 0 Å². The van der Waals surface area contributed by atoms with E-state index in [4.69, 9.17) is 0 Å². The fourth-order valence-corrected chi connectivity index (χ4v) is 6.52. The van der Waals surface area contributed by atoms with E-state index in [1.165, 1.54) is 16.5 Å². The average molecular weight is 456 g/mol. The van der Waals surface area contributed by atoms with Gasteiger partial charge in [0.25, 0.3) is 0 Å². The first-order chi connectivity index (χ1) is 16.6. The van der Waals surface area contributed by atoms with Gasteiger partial charge in [0.05, 0.1) is 6.04 Å². The molecule has 2 atom stereocenters. The maximum atomic E-state index is 13.9. The average Bonchev–Trinajstić information content (AvgIpc) is 3.24. The highest BCUT2D eigenvalue weighted by Gasteiger charge is 2.48. The Kier molecular flexibility index (Phi) is 5.43. The van der Waals surface area contributed by atoms with Crippen LogP contribution in [0.5, 0.6) is 0 Å². The number of aromatic nitrogens is 1. The molecule has 2 fully saturated rings. The van der Waals surface area contributed by atoms with Crippen molar-refractivity contribution in [2.45, 2.75) is 70.0 Å². The summed E-state index contributed by atoms with van der Waals surface area (Å²) in [4.78, 5) is 35.1. The van der Waals surface area contributed by atoms with E-state index >= 15 is 0 Å². The minimum Gasteiger partial charge on any atom is -0.356 e. The molecule has 1 aromatic heterocycles. The quantitative estimate of drug-likeness (QED) is 0.601. The lowest BCUT2D eigenvalue weighted by Crippen LogP contribution is -2.65. The van der Waals surface area contributed by atoms with Gasteiger partial charge < -0.3 is 14.8 Å². The molecule has 2 aromatic carbocycles. The number of hydrogen-bond acceptors (Lipinski definition) is 2. The molecule has 34 heavy (non-hydrogen) atoms. The lowest BCUT2D eigenvalue weighted by atomic mass is 9.83. The Hall–Kier alpha value is -3.08. The number of carbonyl (C=O) groups is 2. The van der Waals surface area contributed by atoms with Crippen molar-refractivity contribution in [2.75, 3.05) is 6.54 Å². The summed E-state index contributed by atoms with van der Waals surface area (Å²) in [5.41, 5.74) is 4.69. The van der Waals surface area contributed by atoms with Gasteiger partial charge in [-0.15, -0.1) is 0 Å². The summed E-state index contributed by atoms with van der Waals surface area (Å²) < 4.78 is 0. The fraction of sp³-hybridized carbons (Fsp3) is 0.448. The number of H-pyrrole nitrogens is 1. The largest absolute Gasteiger partial charge is 0.356 e. The van der Waals surface area contributed by atoms with Crippen LogP contribution in [0.1, 0.15) is 61.9 Å². The molecule has 176 valence electrons. The molecule has 2 amide bonds. The van der Waals surface area contributed by atoms with E-state index in [9.17, 15) is 9.59 Å². The van der Waals surface area contributed by atoms with E-state index in [0.717, 1.165) is 49.7 Å². The van der Waals surface area contributed by atoms with Crippen molar-refractivity contribution < 1.29 is 9.59 Å². The molecule has 3 heterocycles. The maximum Gasteiger partial charge on any atom is 0.246 e. The summed E-state index contributed by atoms with van der Waals surface area (Å²) in [6.45, 7) is 2.52. The second-order valence-electron chi connectivity index (χ2n) is 10.5. The number of fused-ring (bicyclic) bond motifs is 4. The van der Waals surface area contributed by atoms with Crippen LogP contribution in [0.3, 0.4) is 0 Å². The lowest BCUT2D eigenvalue weighted by Gasteiger charge is -2.49. The summed E-state index contributed by atoms with van der Waals surface area (Å²) in [5, 5.41) is 1.19. The highest BCUT2D eigenvalue weighted by atomic mass is 16.2. The summed E-state index contributed by atoms with van der Waals surface area (Å²) in [6, 6.07) is 18.5. The Bertz CT molecular complexity index is 1210. The summed E-state index contributed by atoms with van der Waals surface area (Å²) in [7, 11) is 0. The van der Waals surface area contributed by atoms with E-state index in [2.05, 4.69) is 54.4 Å². The van der Waals surface area contributed by atoms with E-state index < -0.39 is 6.04 Å². The second kappa shape index (κ2) is 8.61. The molecule has 1 N–H and O–H groups in total. The third kappa shape index (κ3) is 3.62. The molecule has 0 bridgehead atoms. The Morgan fingerprint density at radius 2 is 1.68 bits per heavy atom. The van der Waals surface area contributed by atoms with E-state index in [-0.39, 0.29) is 30.4 Å². The number of para-hydroxylation sites is 1. The van der Waals surface area contributed by atoms with Crippen molar-refractivity contribution in [1.82, 2.24) is 14.8 Å². The van der Waals surface area contributed by atoms with Gasteiger partial charge >= 0.3 is 0 Å². The number of aromatic amines is 1. The van der Waals surface area contributed by atoms with Crippen molar-refractivity contribution in [3.63, 3.8) is 0 Å². The molecule has 1 aliphatic carbocycles. The first-order valence-corrected chi connectivity index (χ1v) is 12.8. The normalized spacial score (nSPS) is 27.1. The van der Waals surface area contributed by atoms with Gasteiger partial charge in [-0.2, -0.15) is 0 Å². The summed E-state index contributed by atoms with van der Waals surface area (Å²) in [5.74, 6) is 0.972. The minimum absolute atomic E-state index is 0.102. The predicted molar refractivity (Wildman–Crippen MR) is 133 cm³/mol. The van der Waals surface area contributed by atoms with Crippen LogP contribution in [0.15, 0.2) is 54.6 Å². The second-order valence-corrected chi connectivity index (χ2v) is 10.5. The monoisotopic (exact) mass is 455 g/mol. The number of amides is 2. The zero-order valence-electron chi connectivity index (χ0n) is 19.9. The maximum absolute atomic E-state index is 13.9. The van der Waals surface area contributed by atoms with Gasteiger partial charge in [0.15, 0.2) is 0 Å². The van der Waals surface area contributed by atoms with Crippen LogP contribution in [0.4, 0.5) is 0 Å². The molecule has 1 saturated carbocycles. The van der Waals surface area contributed by atoms with E-state index in [1.54, 1.807) is 0 Å². The number of benzene rings is 2. The first kappa shape index (κ1) is 21.5. The molecule has 0 radical (unpaired) electrons. The van der Waals surface area contributed by atoms with Crippen LogP contribution >= 0.6 is 0 Å². The lowest BCUT2D eigenvalue weighted by molar-refractivity contribution is -0.162. The topological polar surface area (TPSA) is 56.4 Å². The van der Waals surface area contributed by atoms with Crippen LogP contribution in [0.25, 0.3) is 10.9 Å². The molecule has 5 nitrogen and oxygen atoms in total. The zero-order chi connectivity index (χ0) is 23.2. The first-order valence-electron chi connectivity index (χ1n) is 12.8. The standard InChI is InChI=1S/C29H33N3O2/c1-19-11-14-21(15-12-19)31-18-27(33)32-25(16-13-20-7-3-2-4-8-20)28-23(17-26(32)29(31)34)22-9-5-6-10-24(22)30-28/h2-10,19,21,25-26,30H,11-18H2,1H3/t19?,21?,25-,26+/m1/s1. The number of carbonyl (C=O) groups excluding carboxylic acids is 2. The fourth-order valence-electron chi connectivity index (χ4n) is 6.52. The Morgan fingerprint density at radius 1 is 0.941 bits per heavy atom. The molecule has 5 heteroatoms. The SMILES string of the molecule is CC1CCC(N2CC(=O)N3[C@H](CCc4ccccc4)c4[nH]c5ccccc5c4C[C@H]3C2=O)CC1. The molecular formula is C29H33N3O2. The van der Waals surface area contributed by atoms with Gasteiger partial charge in [0, 0.05) is 29.1 Å². The van der Waals surface area contributed by atoms with Gasteiger partial charge in [-0.05, 0) is 61.6 Å². The Balaban J connectivity index is 1.36. The Labute approximate surface area is 201 Å². The molecule has 0 spiro atoms. The number of aryl methyl sites for hydroxylation is 1. The van der Waals surface area contributed by atoms with E-state index in [1.807, 2.05) is 21.9 Å².